The van der Waals surface area contributed by atoms with E-state index in [2.05, 4.69) is 10.1 Å². The van der Waals surface area contributed by atoms with Crippen LogP contribution in [0.5, 0.6) is 0 Å². The summed E-state index contributed by atoms with van der Waals surface area (Å²) >= 11 is 0. The van der Waals surface area contributed by atoms with Crippen molar-refractivity contribution in [3.05, 3.63) is 12.2 Å². The maximum absolute atomic E-state index is 12.1. The molecular formula is C11H18N4O2. The number of urea groups is 1. The third-order valence-electron chi connectivity index (χ3n) is 3.06. The number of carbonyl (C=O) groups excluding carboxylic acids is 1. The Bertz CT molecular complexity index is 364. The molecule has 0 saturated carbocycles. The first-order chi connectivity index (χ1) is 8.20. The van der Waals surface area contributed by atoms with Crippen molar-refractivity contribution in [2.24, 2.45) is 0 Å². The number of nitrogens with zero attached hydrogens (tertiary/aromatic N) is 4. The molecule has 1 saturated heterocycles. The number of aromatic nitrogens is 2. The SMILES string of the molecule is CN(C)C(=O)N1CCCCC[C@H]1c1ncon1. The maximum Gasteiger partial charge on any atom is 0.320 e. The number of carbonyl (C=O) groups is 1. The molecule has 1 aliphatic rings. The highest BCUT2D eigenvalue weighted by atomic mass is 16.5. The molecule has 17 heavy (non-hydrogen) atoms. The van der Waals surface area contributed by atoms with Gasteiger partial charge in [-0.05, 0) is 12.8 Å². The third-order valence-corrected chi connectivity index (χ3v) is 3.06. The van der Waals surface area contributed by atoms with Crippen LogP contribution in [0.1, 0.15) is 37.5 Å². The molecule has 1 aromatic heterocycles. The second-order valence-corrected chi connectivity index (χ2v) is 4.52. The molecule has 0 N–H and O–H groups in total. The zero-order chi connectivity index (χ0) is 12.3. The van der Waals surface area contributed by atoms with Crippen LogP contribution in [0.25, 0.3) is 0 Å². The first-order valence-electron chi connectivity index (χ1n) is 5.94. The molecule has 1 aliphatic heterocycles. The van der Waals surface area contributed by atoms with Gasteiger partial charge in [0.05, 0.1) is 6.04 Å². The van der Waals surface area contributed by atoms with Crippen LogP contribution >= 0.6 is 0 Å². The van der Waals surface area contributed by atoms with Crippen molar-refractivity contribution in [1.82, 2.24) is 19.9 Å². The van der Waals surface area contributed by atoms with Crippen molar-refractivity contribution < 1.29 is 9.32 Å². The molecule has 1 atom stereocenters. The van der Waals surface area contributed by atoms with Gasteiger partial charge in [0.15, 0.2) is 5.82 Å². The summed E-state index contributed by atoms with van der Waals surface area (Å²) in [6.45, 7) is 0.760. The third kappa shape index (κ3) is 2.57. The molecule has 0 bridgehead atoms. The van der Waals surface area contributed by atoms with Crippen molar-refractivity contribution in [2.45, 2.75) is 31.7 Å². The predicted octanol–water partition coefficient (Wildman–Crippen LogP) is 1.67. The first-order valence-corrected chi connectivity index (χ1v) is 5.94. The Morgan fingerprint density at radius 2 is 2.29 bits per heavy atom. The lowest BCUT2D eigenvalue weighted by Crippen LogP contribution is -2.41. The Kier molecular flexibility index (Phi) is 3.61. The zero-order valence-corrected chi connectivity index (χ0v) is 10.3. The molecule has 0 radical (unpaired) electrons. The minimum absolute atomic E-state index is 0.0155. The number of amides is 2. The smallest absolute Gasteiger partial charge is 0.320 e. The summed E-state index contributed by atoms with van der Waals surface area (Å²) in [6, 6.07) is -0.0344. The summed E-state index contributed by atoms with van der Waals surface area (Å²) in [5, 5.41) is 3.88. The molecular weight excluding hydrogens is 220 g/mol. The summed E-state index contributed by atoms with van der Waals surface area (Å²) in [6.07, 6.45) is 5.49. The van der Waals surface area contributed by atoms with Crippen LogP contribution in [0.3, 0.4) is 0 Å². The highest BCUT2D eigenvalue weighted by molar-refractivity contribution is 5.74. The van der Waals surface area contributed by atoms with Gasteiger partial charge < -0.3 is 14.3 Å². The molecule has 0 aromatic carbocycles. The van der Waals surface area contributed by atoms with Crippen LogP contribution in [0.15, 0.2) is 10.9 Å². The van der Waals surface area contributed by atoms with Gasteiger partial charge in [0, 0.05) is 20.6 Å². The van der Waals surface area contributed by atoms with E-state index >= 15 is 0 Å². The highest BCUT2D eigenvalue weighted by Gasteiger charge is 2.30. The summed E-state index contributed by atoms with van der Waals surface area (Å²) in [7, 11) is 3.53. The average Bonchev–Trinajstić information content (AvgIpc) is 2.72. The van der Waals surface area contributed by atoms with Crippen LogP contribution in [0.4, 0.5) is 4.79 Å². The molecule has 0 spiro atoms. The van der Waals surface area contributed by atoms with Gasteiger partial charge >= 0.3 is 6.03 Å². The van der Waals surface area contributed by atoms with Gasteiger partial charge in [0.25, 0.3) is 0 Å². The minimum Gasteiger partial charge on any atom is -0.343 e. The van der Waals surface area contributed by atoms with Crippen molar-refractivity contribution in [3.63, 3.8) is 0 Å². The van der Waals surface area contributed by atoms with Gasteiger partial charge in [-0.25, -0.2) is 4.79 Å². The van der Waals surface area contributed by atoms with Crippen molar-refractivity contribution >= 4 is 6.03 Å². The van der Waals surface area contributed by atoms with Crippen LogP contribution in [-0.4, -0.2) is 46.6 Å². The summed E-state index contributed by atoms with van der Waals surface area (Å²) in [4.78, 5) is 19.6. The summed E-state index contributed by atoms with van der Waals surface area (Å²) in [5.41, 5.74) is 0. The quantitative estimate of drug-likeness (QED) is 0.746. The van der Waals surface area contributed by atoms with Gasteiger partial charge in [-0.3, -0.25) is 0 Å². The topological polar surface area (TPSA) is 62.5 Å². The number of hydrogen-bond acceptors (Lipinski definition) is 4. The fraction of sp³-hybridized carbons (Fsp3) is 0.727. The van der Waals surface area contributed by atoms with Crippen molar-refractivity contribution in [1.29, 1.82) is 0 Å². The van der Waals surface area contributed by atoms with Gasteiger partial charge in [-0.15, -0.1) is 0 Å². The molecule has 2 rings (SSSR count). The molecule has 6 nitrogen and oxygen atoms in total. The number of hydrogen-bond donors (Lipinski definition) is 0. The van der Waals surface area contributed by atoms with E-state index in [0.29, 0.717) is 5.82 Å². The van der Waals surface area contributed by atoms with Crippen LogP contribution in [0, 0.1) is 0 Å². The molecule has 1 aromatic rings. The fourth-order valence-electron chi connectivity index (χ4n) is 2.19. The van der Waals surface area contributed by atoms with Crippen LogP contribution in [0.2, 0.25) is 0 Å². The van der Waals surface area contributed by atoms with Gasteiger partial charge in [0.2, 0.25) is 6.39 Å². The second kappa shape index (κ2) is 5.16. The van der Waals surface area contributed by atoms with Crippen LogP contribution in [-0.2, 0) is 0 Å². The lowest BCUT2D eigenvalue weighted by Gasteiger charge is -2.30. The summed E-state index contributed by atoms with van der Waals surface area (Å²) in [5.74, 6) is 0.613. The fourth-order valence-corrected chi connectivity index (χ4v) is 2.19. The van der Waals surface area contributed by atoms with E-state index in [0.717, 1.165) is 32.2 Å². The summed E-state index contributed by atoms with van der Waals surface area (Å²) < 4.78 is 4.78. The van der Waals surface area contributed by atoms with E-state index in [-0.39, 0.29) is 12.1 Å². The lowest BCUT2D eigenvalue weighted by molar-refractivity contribution is 0.146. The standard InChI is InChI=1S/C11H18N4O2/c1-14(2)11(16)15-7-5-3-4-6-9(15)10-12-8-17-13-10/h8-9H,3-7H2,1-2H3/t9-/m0/s1. The van der Waals surface area contributed by atoms with Crippen molar-refractivity contribution in [3.8, 4) is 0 Å². The monoisotopic (exact) mass is 238 g/mol. The van der Waals surface area contributed by atoms with Gasteiger partial charge in [-0.1, -0.05) is 18.0 Å². The lowest BCUT2D eigenvalue weighted by atomic mass is 10.1. The Hall–Kier alpha value is -1.59. The molecule has 2 heterocycles. The van der Waals surface area contributed by atoms with Crippen LogP contribution < -0.4 is 0 Å². The molecule has 0 aliphatic carbocycles. The number of rotatable bonds is 1. The van der Waals surface area contributed by atoms with E-state index in [1.165, 1.54) is 6.39 Å². The van der Waals surface area contributed by atoms with Crippen molar-refractivity contribution in [2.75, 3.05) is 20.6 Å². The molecule has 2 amide bonds. The first kappa shape index (κ1) is 11.9. The van der Waals surface area contributed by atoms with E-state index < -0.39 is 0 Å². The molecule has 6 heteroatoms. The van der Waals surface area contributed by atoms with E-state index in [1.807, 2.05) is 4.90 Å². The second-order valence-electron chi connectivity index (χ2n) is 4.52. The minimum atomic E-state index is -0.0499. The number of likely N-dealkylation sites (tertiary alicyclic amines) is 1. The normalized spacial score (nSPS) is 21.1. The Labute approximate surface area is 101 Å². The average molecular weight is 238 g/mol. The Balaban J connectivity index is 2.21. The van der Waals surface area contributed by atoms with E-state index in [4.69, 9.17) is 4.52 Å². The van der Waals surface area contributed by atoms with Gasteiger partial charge in [-0.2, -0.15) is 4.98 Å². The highest BCUT2D eigenvalue weighted by Crippen LogP contribution is 2.28. The zero-order valence-electron chi connectivity index (χ0n) is 10.3. The van der Waals surface area contributed by atoms with Gasteiger partial charge in [0.1, 0.15) is 0 Å². The predicted molar refractivity (Wildman–Crippen MR) is 61.3 cm³/mol. The molecule has 94 valence electrons. The Morgan fingerprint density at radius 3 is 2.94 bits per heavy atom. The van der Waals surface area contributed by atoms with E-state index in [1.54, 1.807) is 19.0 Å². The molecule has 1 fully saturated rings. The maximum atomic E-state index is 12.1. The molecule has 0 unspecified atom stereocenters. The Morgan fingerprint density at radius 1 is 1.47 bits per heavy atom. The van der Waals surface area contributed by atoms with E-state index in [9.17, 15) is 4.79 Å². The largest absolute Gasteiger partial charge is 0.343 e.